The van der Waals surface area contributed by atoms with Gasteiger partial charge >= 0.3 is 5.97 Å². The Morgan fingerprint density at radius 2 is 2.11 bits per heavy atom. The molecule has 4 nitrogen and oxygen atoms in total. The number of alkyl halides is 1. The lowest BCUT2D eigenvalue weighted by Crippen LogP contribution is -2.23. The number of carbonyl (C=O) groups excluding carboxylic acids is 2. The minimum atomic E-state index is -0.541. The van der Waals surface area contributed by atoms with Crippen LogP contribution in [0, 0.1) is 5.92 Å². The van der Waals surface area contributed by atoms with E-state index in [4.69, 9.17) is 23.2 Å². The molecule has 1 rings (SSSR count). The van der Waals surface area contributed by atoms with Gasteiger partial charge in [-0.05, 0) is 18.2 Å². The molecule has 1 unspecified atom stereocenters. The first kappa shape index (κ1) is 14.8. The number of rotatable bonds is 4. The fourth-order valence-electron chi connectivity index (χ4n) is 1.23. The van der Waals surface area contributed by atoms with Crippen LogP contribution in [0.4, 0.5) is 5.69 Å². The van der Waals surface area contributed by atoms with Crippen LogP contribution in [0.15, 0.2) is 18.2 Å². The molecular formula is C12H13Cl2NO3. The Morgan fingerprint density at radius 3 is 2.67 bits per heavy atom. The van der Waals surface area contributed by atoms with Crippen LogP contribution in [0.5, 0.6) is 0 Å². The van der Waals surface area contributed by atoms with Crippen LogP contribution >= 0.6 is 23.2 Å². The Morgan fingerprint density at radius 1 is 1.44 bits per heavy atom. The number of halogens is 2. The van der Waals surface area contributed by atoms with Crippen molar-refractivity contribution in [2.45, 2.75) is 6.92 Å². The van der Waals surface area contributed by atoms with E-state index in [1.807, 2.05) is 0 Å². The van der Waals surface area contributed by atoms with Crippen molar-refractivity contribution in [1.29, 1.82) is 0 Å². The zero-order chi connectivity index (χ0) is 13.7. The molecule has 98 valence electrons. The number of esters is 1. The number of carbonyl (C=O) groups is 2. The van der Waals surface area contributed by atoms with Gasteiger partial charge in [0.05, 0.1) is 18.4 Å². The van der Waals surface area contributed by atoms with E-state index in [-0.39, 0.29) is 23.3 Å². The second-order valence-corrected chi connectivity index (χ2v) is 4.47. The maximum Gasteiger partial charge on any atom is 0.339 e. The Kier molecular flexibility index (Phi) is 5.44. The number of hydrogen-bond acceptors (Lipinski definition) is 3. The SMILES string of the molecule is COC(=O)c1ccc(Cl)cc1NC(=O)C(C)CCl. The van der Waals surface area contributed by atoms with Gasteiger partial charge in [0.1, 0.15) is 0 Å². The standard InChI is InChI=1S/C12H13Cl2NO3/c1-7(6-13)11(16)15-10-5-8(14)3-4-9(10)12(17)18-2/h3-5,7H,6H2,1-2H3,(H,15,16). The van der Waals surface area contributed by atoms with E-state index >= 15 is 0 Å². The van der Waals surface area contributed by atoms with Gasteiger partial charge in [-0.2, -0.15) is 0 Å². The van der Waals surface area contributed by atoms with Gasteiger partial charge in [0.2, 0.25) is 5.91 Å². The van der Waals surface area contributed by atoms with E-state index in [9.17, 15) is 9.59 Å². The number of amides is 1. The number of ether oxygens (including phenoxy) is 1. The summed E-state index contributed by atoms with van der Waals surface area (Å²) in [7, 11) is 1.27. The average molecular weight is 290 g/mol. The van der Waals surface area contributed by atoms with Crippen molar-refractivity contribution < 1.29 is 14.3 Å². The molecule has 1 amide bonds. The second-order valence-electron chi connectivity index (χ2n) is 3.73. The maximum absolute atomic E-state index is 11.7. The van der Waals surface area contributed by atoms with Crippen LogP contribution in [-0.4, -0.2) is 24.9 Å². The first-order valence-electron chi connectivity index (χ1n) is 5.24. The summed E-state index contributed by atoms with van der Waals surface area (Å²) < 4.78 is 4.63. The van der Waals surface area contributed by atoms with E-state index in [1.165, 1.54) is 19.2 Å². The Bertz CT molecular complexity index is 463. The van der Waals surface area contributed by atoms with Gasteiger partial charge in [0.25, 0.3) is 0 Å². The van der Waals surface area contributed by atoms with Crippen LogP contribution in [0.3, 0.4) is 0 Å². The molecule has 0 saturated heterocycles. The number of anilines is 1. The summed E-state index contributed by atoms with van der Waals surface area (Å²) in [6.45, 7) is 1.69. The van der Waals surface area contributed by atoms with Gasteiger partial charge < -0.3 is 10.1 Å². The smallest absolute Gasteiger partial charge is 0.339 e. The summed E-state index contributed by atoms with van der Waals surface area (Å²) >= 11 is 11.4. The summed E-state index contributed by atoms with van der Waals surface area (Å²) in [6, 6.07) is 4.54. The van der Waals surface area contributed by atoms with Crippen LogP contribution in [0.1, 0.15) is 17.3 Å². The van der Waals surface area contributed by atoms with Crippen LogP contribution in [0.2, 0.25) is 5.02 Å². The molecule has 0 radical (unpaired) electrons. The van der Waals surface area contributed by atoms with E-state index in [0.717, 1.165) is 0 Å². The van der Waals surface area contributed by atoms with Gasteiger partial charge in [-0.15, -0.1) is 11.6 Å². The molecule has 0 fully saturated rings. The van der Waals surface area contributed by atoms with Crippen LogP contribution in [0.25, 0.3) is 0 Å². The van der Waals surface area contributed by atoms with Crippen molar-refractivity contribution >= 4 is 40.8 Å². The topological polar surface area (TPSA) is 55.4 Å². The quantitative estimate of drug-likeness (QED) is 0.685. The van der Waals surface area contributed by atoms with Crippen molar-refractivity contribution in [3.05, 3.63) is 28.8 Å². The minimum absolute atomic E-state index is 0.194. The van der Waals surface area contributed by atoms with Gasteiger partial charge in [-0.3, -0.25) is 4.79 Å². The van der Waals surface area contributed by atoms with E-state index in [1.54, 1.807) is 13.0 Å². The summed E-state index contributed by atoms with van der Waals surface area (Å²) in [6.07, 6.45) is 0. The maximum atomic E-state index is 11.7. The summed E-state index contributed by atoms with van der Waals surface area (Å²) in [5, 5.41) is 3.02. The molecule has 0 aliphatic heterocycles. The molecule has 1 aromatic rings. The Balaban J connectivity index is 3.03. The molecule has 0 aromatic heterocycles. The Hall–Kier alpha value is -1.26. The fourth-order valence-corrected chi connectivity index (χ4v) is 1.55. The summed E-state index contributed by atoms with van der Waals surface area (Å²) in [5.41, 5.74) is 0.563. The first-order valence-corrected chi connectivity index (χ1v) is 6.15. The normalized spacial score (nSPS) is 11.8. The molecule has 0 bridgehead atoms. The highest BCUT2D eigenvalue weighted by molar-refractivity contribution is 6.31. The van der Waals surface area contributed by atoms with Crippen LogP contribution in [-0.2, 0) is 9.53 Å². The predicted octanol–water partition coefficient (Wildman–Crippen LogP) is 2.94. The molecule has 0 aliphatic carbocycles. The van der Waals surface area contributed by atoms with Crippen molar-refractivity contribution in [2.24, 2.45) is 5.92 Å². The number of nitrogens with one attached hydrogen (secondary N) is 1. The Labute approximate surface area is 115 Å². The third kappa shape index (κ3) is 3.62. The van der Waals surface area contributed by atoms with Crippen LogP contribution < -0.4 is 5.32 Å². The first-order chi connectivity index (χ1) is 8.49. The second kappa shape index (κ2) is 6.61. The molecule has 0 heterocycles. The molecule has 1 atom stereocenters. The lowest BCUT2D eigenvalue weighted by molar-refractivity contribution is -0.118. The molecular weight excluding hydrogens is 277 g/mol. The third-order valence-electron chi connectivity index (χ3n) is 2.32. The van der Waals surface area contributed by atoms with Gasteiger partial charge in [-0.1, -0.05) is 18.5 Å². The molecule has 1 N–H and O–H groups in total. The number of hydrogen-bond donors (Lipinski definition) is 1. The number of benzene rings is 1. The van der Waals surface area contributed by atoms with Crippen molar-refractivity contribution in [3.63, 3.8) is 0 Å². The molecule has 0 spiro atoms. The monoisotopic (exact) mass is 289 g/mol. The average Bonchev–Trinajstić information content (AvgIpc) is 2.37. The number of methoxy groups -OCH3 is 1. The van der Waals surface area contributed by atoms with E-state index in [2.05, 4.69) is 10.1 Å². The molecule has 1 aromatic carbocycles. The van der Waals surface area contributed by atoms with Crippen molar-refractivity contribution in [2.75, 3.05) is 18.3 Å². The fraction of sp³-hybridized carbons (Fsp3) is 0.333. The largest absolute Gasteiger partial charge is 0.465 e. The van der Waals surface area contributed by atoms with Crippen molar-refractivity contribution in [3.8, 4) is 0 Å². The van der Waals surface area contributed by atoms with Gasteiger partial charge in [0.15, 0.2) is 0 Å². The molecule has 0 aliphatic rings. The summed E-state index contributed by atoms with van der Waals surface area (Å²) in [5.74, 6) is -0.992. The molecule has 0 saturated carbocycles. The highest BCUT2D eigenvalue weighted by Crippen LogP contribution is 2.22. The molecule has 18 heavy (non-hydrogen) atoms. The van der Waals surface area contributed by atoms with Gasteiger partial charge in [0, 0.05) is 16.8 Å². The van der Waals surface area contributed by atoms with E-state index in [0.29, 0.717) is 10.7 Å². The van der Waals surface area contributed by atoms with Crippen molar-refractivity contribution in [1.82, 2.24) is 0 Å². The zero-order valence-electron chi connectivity index (χ0n) is 10.00. The molecule has 6 heteroatoms. The van der Waals surface area contributed by atoms with Gasteiger partial charge in [-0.25, -0.2) is 4.79 Å². The highest BCUT2D eigenvalue weighted by atomic mass is 35.5. The van der Waals surface area contributed by atoms with E-state index < -0.39 is 5.97 Å². The minimum Gasteiger partial charge on any atom is -0.465 e. The lowest BCUT2D eigenvalue weighted by atomic mass is 10.1. The zero-order valence-corrected chi connectivity index (χ0v) is 11.5. The highest BCUT2D eigenvalue weighted by Gasteiger charge is 2.17. The lowest BCUT2D eigenvalue weighted by Gasteiger charge is -2.12. The third-order valence-corrected chi connectivity index (χ3v) is 3.02. The predicted molar refractivity (Wildman–Crippen MR) is 71.3 cm³/mol. The summed E-state index contributed by atoms with van der Waals surface area (Å²) in [4.78, 5) is 23.3.